The Morgan fingerprint density at radius 2 is 1.50 bits per heavy atom. The molecule has 0 radical (unpaired) electrons. The quantitative estimate of drug-likeness (QED) is 0.267. The van der Waals surface area contributed by atoms with Gasteiger partial charge in [-0.3, -0.25) is 4.79 Å². The number of hydrogen-bond acceptors (Lipinski definition) is 3. The number of phenolic OH excluding ortho intramolecular Hbond substituents is 1. The second-order valence-corrected chi connectivity index (χ2v) is 11.2. The summed E-state index contributed by atoms with van der Waals surface area (Å²) >= 11 is 2.22. The predicted molar refractivity (Wildman–Crippen MR) is 148 cm³/mol. The molecule has 2 N–H and O–H groups in total. The Kier molecular flexibility index (Phi) is 7.96. The SMILES string of the molecule is CCC(C)(C)c1ccc(Oc2ccc(O)cc2C(=O)Nc2ccc(I)cc2)c(C(C)(C)CC)c1. The first-order valence-electron chi connectivity index (χ1n) is 11.7. The average molecular weight is 571 g/mol. The number of nitrogens with one attached hydrogen (secondary N) is 1. The third kappa shape index (κ3) is 5.93. The highest BCUT2D eigenvalue weighted by atomic mass is 127. The second kappa shape index (κ2) is 10.4. The van der Waals surface area contributed by atoms with Crippen LogP contribution in [-0.4, -0.2) is 11.0 Å². The van der Waals surface area contributed by atoms with Gasteiger partial charge in [0.1, 0.15) is 17.2 Å². The van der Waals surface area contributed by atoms with Gasteiger partial charge in [0.15, 0.2) is 0 Å². The molecule has 0 bridgehead atoms. The summed E-state index contributed by atoms with van der Waals surface area (Å²) in [7, 11) is 0. The van der Waals surface area contributed by atoms with Gasteiger partial charge in [0.25, 0.3) is 5.91 Å². The van der Waals surface area contributed by atoms with E-state index in [0.29, 0.717) is 11.4 Å². The van der Waals surface area contributed by atoms with E-state index in [1.165, 1.54) is 17.7 Å². The van der Waals surface area contributed by atoms with E-state index in [4.69, 9.17) is 4.74 Å². The fourth-order valence-corrected chi connectivity index (χ4v) is 3.96. The summed E-state index contributed by atoms with van der Waals surface area (Å²) in [5.41, 5.74) is 3.26. The van der Waals surface area contributed by atoms with Crippen LogP contribution >= 0.6 is 22.6 Å². The van der Waals surface area contributed by atoms with E-state index in [1.54, 1.807) is 6.07 Å². The zero-order chi connectivity index (χ0) is 25.1. The Balaban J connectivity index is 2.02. The van der Waals surface area contributed by atoms with Gasteiger partial charge in [-0.1, -0.05) is 53.7 Å². The van der Waals surface area contributed by atoms with Gasteiger partial charge in [0, 0.05) is 14.8 Å². The molecule has 0 fully saturated rings. The number of hydrogen-bond donors (Lipinski definition) is 2. The molecule has 0 spiro atoms. The predicted octanol–water partition coefficient (Wildman–Crippen LogP) is 8.42. The Labute approximate surface area is 216 Å². The lowest BCUT2D eigenvalue weighted by Gasteiger charge is -2.30. The maximum absolute atomic E-state index is 13.1. The lowest BCUT2D eigenvalue weighted by Crippen LogP contribution is -2.21. The van der Waals surface area contributed by atoms with Gasteiger partial charge in [-0.25, -0.2) is 0 Å². The van der Waals surface area contributed by atoms with Crippen molar-refractivity contribution >= 4 is 34.2 Å². The van der Waals surface area contributed by atoms with Gasteiger partial charge in [-0.15, -0.1) is 0 Å². The molecule has 3 aromatic rings. The molecule has 0 saturated carbocycles. The Hall–Kier alpha value is -2.54. The van der Waals surface area contributed by atoms with Gasteiger partial charge in [-0.05, 0) is 100 Å². The molecule has 180 valence electrons. The number of halogens is 1. The van der Waals surface area contributed by atoms with Crippen molar-refractivity contribution in [2.75, 3.05) is 5.32 Å². The van der Waals surface area contributed by atoms with Crippen molar-refractivity contribution in [1.29, 1.82) is 0 Å². The maximum Gasteiger partial charge on any atom is 0.259 e. The van der Waals surface area contributed by atoms with Crippen LogP contribution < -0.4 is 10.1 Å². The summed E-state index contributed by atoms with van der Waals surface area (Å²) in [6.07, 6.45) is 1.97. The molecule has 3 aromatic carbocycles. The summed E-state index contributed by atoms with van der Waals surface area (Å²) < 4.78 is 7.47. The summed E-state index contributed by atoms with van der Waals surface area (Å²) in [6, 6.07) is 18.5. The zero-order valence-electron chi connectivity index (χ0n) is 20.8. The highest BCUT2D eigenvalue weighted by Crippen LogP contribution is 2.41. The monoisotopic (exact) mass is 571 g/mol. The number of aromatic hydroxyl groups is 1. The summed E-state index contributed by atoms with van der Waals surface area (Å²) in [5, 5.41) is 13.0. The first-order chi connectivity index (χ1) is 16.0. The normalized spacial score (nSPS) is 11.9. The smallest absolute Gasteiger partial charge is 0.259 e. The molecule has 0 aliphatic carbocycles. The third-order valence-electron chi connectivity index (χ3n) is 6.79. The number of benzene rings is 3. The molecule has 0 aliphatic rings. The Morgan fingerprint density at radius 3 is 2.12 bits per heavy atom. The van der Waals surface area contributed by atoms with E-state index in [0.717, 1.165) is 27.7 Å². The van der Waals surface area contributed by atoms with Crippen LogP contribution in [-0.2, 0) is 10.8 Å². The fraction of sp³-hybridized carbons (Fsp3) is 0.345. The van der Waals surface area contributed by atoms with Crippen LogP contribution in [0, 0.1) is 3.57 Å². The molecule has 0 atom stereocenters. The van der Waals surface area contributed by atoms with Crippen molar-refractivity contribution in [3.63, 3.8) is 0 Å². The number of amides is 1. The van der Waals surface area contributed by atoms with Crippen LogP contribution in [0.25, 0.3) is 0 Å². The summed E-state index contributed by atoms with van der Waals surface area (Å²) in [5.74, 6) is 0.786. The third-order valence-corrected chi connectivity index (χ3v) is 7.51. The van der Waals surface area contributed by atoms with Crippen LogP contribution in [0.2, 0.25) is 0 Å². The number of ether oxygens (including phenoxy) is 1. The number of carbonyl (C=O) groups excluding carboxylic acids is 1. The van der Waals surface area contributed by atoms with Crippen molar-refractivity contribution in [2.24, 2.45) is 0 Å². The summed E-state index contributed by atoms with van der Waals surface area (Å²) in [6.45, 7) is 13.3. The van der Waals surface area contributed by atoms with E-state index in [-0.39, 0.29) is 28.1 Å². The minimum Gasteiger partial charge on any atom is -0.508 e. The molecule has 5 heteroatoms. The molecule has 3 rings (SSSR count). The van der Waals surface area contributed by atoms with E-state index < -0.39 is 0 Å². The van der Waals surface area contributed by atoms with Crippen LogP contribution in [0.1, 0.15) is 75.9 Å². The van der Waals surface area contributed by atoms with Crippen LogP contribution in [0.15, 0.2) is 60.7 Å². The van der Waals surface area contributed by atoms with Gasteiger partial charge < -0.3 is 15.2 Å². The maximum atomic E-state index is 13.1. The molecule has 34 heavy (non-hydrogen) atoms. The molecule has 0 heterocycles. The van der Waals surface area contributed by atoms with E-state index >= 15 is 0 Å². The highest BCUT2D eigenvalue weighted by molar-refractivity contribution is 14.1. The number of phenols is 1. The largest absolute Gasteiger partial charge is 0.508 e. The van der Waals surface area contributed by atoms with Gasteiger partial charge in [0.2, 0.25) is 0 Å². The molecule has 1 amide bonds. The van der Waals surface area contributed by atoms with Crippen LogP contribution in [0.3, 0.4) is 0 Å². The fourth-order valence-electron chi connectivity index (χ4n) is 3.60. The summed E-state index contributed by atoms with van der Waals surface area (Å²) in [4.78, 5) is 13.1. The zero-order valence-corrected chi connectivity index (χ0v) is 23.0. The number of anilines is 1. The second-order valence-electron chi connectivity index (χ2n) is 9.93. The first-order valence-corrected chi connectivity index (χ1v) is 12.8. The number of carbonyl (C=O) groups is 1. The van der Waals surface area contributed by atoms with Gasteiger partial charge >= 0.3 is 0 Å². The van der Waals surface area contributed by atoms with E-state index in [9.17, 15) is 9.90 Å². The lowest BCUT2D eigenvalue weighted by molar-refractivity contribution is 0.102. The van der Waals surface area contributed by atoms with Crippen molar-refractivity contribution < 1.29 is 14.6 Å². The topological polar surface area (TPSA) is 58.6 Å². The first kappa shape index (κ1) is 26.1. The molecular formula is C29H34INO3. The number of rotatable bonds is 8. The minimum atomic E-state index is -0.341. The van der Waals surface area contributed by atoms with Crippen molar-refractivity contribution in [1.82, 2.24) is 0 Å². The Morgan fingerprint density at radius 1 is 0.882 bits per heavy atom. The standard InChI is InChI=1S/C29H34INO3/c1-7-28(3,4)19-9-15-26(24(17-19)29(5,6)8-2)34-25-16-14-22(32)18-23(25)27(33)31-21-12-10-20(30)11-13-21/h9-18,32H,7-8H2,1-6H3,(H,31,33). The van der Waals surface area contributed by atoms with Crippen LogP contribution in [0.5, 0.6) is 17.2 Å². The highest BCUT2D eigenvalue weighted by Gasteiger charge is 2.27. The van der Waals surface area contributed by atoms with Gasteiger partial charge in [-0.2, -0.15) is 0 Å². The Bertz CT molecular complexity index is 1170. The molecule has 4 nitrogen and oxygen atoms in total. The molecular weight excluding hydrogens is 537 g/mol. The van der Waals surface area contributed by atoms with E-state index in [2.05, 4.69) is 81.6 Å². The molecule has 0 aliphatic heterocycles. The molecule has 0 aromatic heterocycles. The van der Waals surface area contributed by atoms with Crippen molar-refractivity contribution in [2.45, 2.75) is 65.2 Å². The molecule has 0 saturated heterocycles. The van der Waals surface area contributed by atoms with Crippen LogP contribution in [0.4, 0.5) is 5.69 Å². The lowest BCUT2D eigenvalue weighted by atomic mass is 9.76. The van der Waals surface area contributed by atoms with Crippen molar-refractivity contribution in [3.05, 3.63) is 80.9 Å². The minimum absolute atomic E-state index is 0.00858. The van der Waals surface area contributed by atoms with Crippen molar-refractivity contribution in [3.8, 4) is 17.2 Å². The van der Waals surface area contributed by atoms with E-state index in [1.807, 2.05) is 30.3 Å². The average Bonchev–Trinajstić information content (AvgIpc) is 2.81. The van der Waals surface area contributed by atoms with Gasteiger partial charge in [0.05, 0.1) is 5.56 Å². The molecule has 0 unspecified atom stereocenters.